The van der Waals surface area contributed by atoms with Crippen LogP contribution < -0.4 is 4.74 Å². The molecular formula is C18H16F2N2O2. The number of halogens is 2. The van der Waals surface area contributed by atoms with E-state index in [4.69, 9.17) is 9.26 Å². The van der Waals surface area contributed by atoms with Gasteiger partial charge < -0.3 is 9.26 Å². The van der Waals surface area contributed by atoms with Gasteiger partial charge in [0.25, 0.3) is 0 Å². The van der Waals surface area contributed by atoms with Crippen LogP contribution in [-0.4, -0.2) is 16.2 Å². The molecule has 0 bridgehead atoms. The monoisotopic (exact) mass is 330 g/mol. The second-order valence-electron chi connectivity index (χ2n) is 5.60. The maximum Gasteiger partial charge on any atom is 0.231 e. The topological polar surface area (TPSA) is 48.2 Å². The lowest BCUT2D eigenvalue weighted by atomic mass is 10.1. The van der Waals surface area contributed by atoms with Crippen molar-refractivity contribution in [3.63, 3.8) is 0 Å². The Morgan fingerprint density at radius 1 is 1.04 bits per heavy atom. The fraction of sp³-hybridized carbons (Fsp3) is 0.222. The lowest BCUT2D eigenvalue weighted by Gasteiger charge is -2.09. The van der Waals surface area contributed by atoms with Crippen molar-refractivity contribution < 1.29 is 18.0 Å². The van der Waals surface area contributed by atoms with Crippen LogP contribution in [0.2, 0.25) is 0 Å². The summed E-state index contributed by atoms with van der Waals surface area (Å²) in [6, 6.07) is 11.1. The highest BCUT2D eigenvalue weighted by molar-refractivity contribution is 5.56. The molecular weight excluding hydrogens is 314 g/mol. The van der Waals surface area contributed by atoms with Gasteiger partial charge in [-0.15, -0.1) is 0 Å². The summed E-state index contributed by atoms with van der Waals surface area (Å²) in [5.41, 5.74) is 0.642. The highest BCUT2D eigenvalue weighted by atomic mass is 19.1. The summed E-state index contributed by atoms with van der Waals surface area (Å²) in [4.78, 5) is 4.08. The van der Waals surface area contributed by atoms with E-state index in [1.807, 2.05) is 38.1 Å². The number of nitrogens with zero attached hydrogens (tertiary/aromatic N) is 2. The molecule has 0 aliphatic heterocycles. The summed E-state index contributed by atoms with van der Waals surface area (Å²) >= 11 is 0. The highest BCUT2D eigenvalue weighted by Gasteiger charge is 2.17. The molecule has 0 aliphatic rings. The van der Waals surface area contributed by atoms with Crippen molar-refractivity contribution >= 4 is 0 Å². The van der Waals surface area contributed by atoms with E-state index in [2.05, 4.69) is 10.1 Å². The predicted molar refractivity (Wildman–Crippen MR) is 84.7 cm³/mol. The molecule has 4 nitrogen and oxygen atoms in total. The smallest absolute Gasteiger partial charge is 0.231 e. The SMILES string of the molecule is CC(C)Oc1ccc(Cc2nc(-c3c(F)cccc3F)no2)cc1. The standard InChI is InChI=1S/C18H16F2N2O2/c1-11(2)23-13-8-6-12(7-9-13)10-16-21-18(22-24-16)17-14(19)4-3-5-15(17)20/h3-9,11H,10H2,1-2H3. The largest absolute Gasteiger partial charge is 0.491 e. The van der Waals surface area contributed by atoms with Crippen LogP contribution in [0.5, 0.6) is 5.75 Å². The fourth-order valence-corrected chi connectivity index (χ4v) is 2.27. The van der Waals surface area contributed by atoms with E-state index in [0.29, 0.717) is 6.42 Å². The van der Waals surface area contributed by atoms with Crippen LogP contribution in [0.15, 0.2) is 47.0 Å². The molecule has 0 spiro atoms. The minimum atomic E-state index is -0.725. The van der Waals surface area contributed by atoms with Crippen molar-refractivity contribution in [3.8, 4) is 17.1 Å². The molecule has 124 valence electrons. The van der Waals surface area contributed by atoms with Crippen molar-refractivity contribution in [2.45, 2.75) is 26.4 Å². The lowest BCUT2D eigenvalue weighted by Crippen LogP contribution is -2.05. The van der Waals surface area contributed by atoms with E-state index in [9.17, 15) is 8.78 Å². The molecule has 3 rings (SSSR count). The molecule has 0 atom stereocenters. The first kappa shape index (κ1) is 16.1. The van der Waals surface area contributed by atoms with Crippen LogP contribution in [0.25, 0.3) is 11.4 Å². The Labute approximate surface area is 138 Å². The minimum absolute atomic E-state index is 0.0969. The van der Waals surface area contributed by atoms with E-state index in [1.54, 1.807) is 0 Å². The zero-order valence-electron chi connectivity index (χ0n) is 13.3. The second-order valence-corrected chi connectivity index (χ2v) is 5.60. The summed E-state index contributed by atoms with van der Waals surface area (Å²) < 4.78 is 38.2. The van der Waals surface area contributed by atoms with Gasteiger partial charge in [0.05, 0.1) is 18.1 Å². The Morgan fingerprint density at radius 3 is 2.33 bits per heavy atom. The molecule has 1 aromatic heterocycles. The molecule has 24 heavy (non-hydrogen) atoms. The van der Waals surface area contributed by atoms with Crippen LogP contribution in [-0.2, 0) is 6.42 Å². The van der Waals surface area contributed by atoms with E-state index in [0.717, 1.165) is 23.4 Å². The highest BCUT2D eigenvalue weighted by Crippen LogP contribution is 2.24. The van der Waals surface area contributed by atoms with Gasteiger partial charge in [-0.25, -0.2) is 8.78 Å². The molecule has 0 radical (unpaired) electrons. The first-order valence-corrected chi connectivity index (χ1v) is 7.55. The zero-order valence-corrected chi connectivity index (χ0v) is 13.3. The molecule has 3 aromatic rings. The quantitative estimate of drug-likeness (QED) is 0.696. The van der Waals surface area contributed by atoms with Crippen molar-refractivity contribution in [1.29, 1.82) is 0 Å². The minimum Gasteiger partial charge on any atom is -0.491 e. The average Bonchev–Trinajstić information content (AvgIpc) is 2.97. The summed E-state index contributed by atoms with van der Waals surface area (Å²) in [5.74, 6) is -0.492. The van der Waals surface area contributed by atoms with Gasteiger partial charge in [-0.3, -0.25) is 0 Å². The van der Waals surface area contributed by atoms with Crippen molar-refractivity contribution in [2.75, 3.05) is 0 Å². The molecule has 0 unspecified atom stereocenters. The number of rotatable bonds is 5. The van der Waals surface area contributed by atoms with E-state index in [-0.39, 0.29) is 23.4 Å². The third-order valence-corrected chi connectivity index (χ3v) is 3.30. The van der Waals surface area contributed by atoms with Crippen LogP contribution in [0, 0.1) is 11.6 Å². The van der Waals surface area contributed by atoms with E-state index < -0.39 is 11.6 Å². The predicted octanol–water partition coefficient (Wildman–Crippen LogP) is 4.39. The van der Waals surface area contributed by atoms with E-state index in [1.165, 1.54) is 6.07 Å². The average molecular weight is 330 g/mol. The van der Waals surface area contributed by atoms with Gasteiger partial charge in [0.15, 0.2) is 0 Å². The van der Waals surface area contributed by atoms with E-state index >= 15 is 0 Å². The summed E-state index contributed by atoms with van der Waals surface area (Å²) in [5, 5.41) is 3.67. The summed E-state index contributed by atoms with van der Waals surface area (Å²) in [7, 11) is 0. The van der Waals surface area contributed by atoms with Crippen molar-refractivity contribution in [3.05, 3.63) is 65.6 Å². The lowest BCUT2D eigenvalue weighted by molar-refractivity contribution is 0.242. The van der Waals surface area contributed by atoms with Gasteiger partial charge in [0.2, 0.25) is 11.7 Å². The molecule has 0 N–H and O–H groups in total. The first-order chi connectivity index (χ1) is 11.5. The summed E-state index contributed by atoms with van der Waals surface area (Å²) in [6.45, 7) is 3.91. The second kappa shape index (κ2) is 6.78. The van der Waals surface area contributed by atoms with Crippen LogP contribution in [0.1, 0.15) is 25.3 Å². The Balaban J connectivity index is 1.77. The fourth-order valence-electron chi connectivity index (χ4n) is 2.27. The van der Waals surface area contributed by atoms with Gasteiger partial charge in [-0.2, -0.15) is 4.98 Å². The third-order valence-electron chi connectivity index (χ3n) is 3.30. The Bertz CT molecular complexity index is 809. The molecule has 0 fully saturated rings. The zero-order chi connectivity index (χ0) is 17.1. The van der Waals surface area contributed by atoms with Crippen LogP contribution in [0.3, 0.4) is 0 Å². The van der Waals surface area contributed by atoms with Gasteiger partial charge in [-0.1, -0.05) is 23.4 Å². The van der Waals surface area contributed by atoms with Crippen molar-refractivity contribution in [2.24, 2.45) is 0 Å². The molecule has 0 saturated heterocycles. The number of hydrogen-bond acceptors (Lipinski definition) is 4. The number of benzene rings is 2. The Kier molecular flexibility index (Phi) is 4.55. The van der Waals surface area contributed by atoms with Crippen LogP contribution >= 0.6 is 0 Å². The van der Waals surface area contributed by atoms with Gasteiger partial charge >= 0.3 is 0 Å². The Morgan fingerprint density at radius 2 is 1.71 bits per heavy atom. The third kappa shape index (κ3) is 3.59. The Hall–Kier alpha value is -2.76. The maximum atomic E-state index is 13.7. The normalized spacial score (nSPS) is 11.0. The maximum absolute atomic E-state index is 13.7. The van der Waals surface area contributed by atoms with Gasteiger partial charge in [0.1, 0.15) is 17.4 Å². The first-order valence-electron chi connectivity index (χ1n) is 7.55. The van der Waals surface area contributed by atoms with Crippen molar-refractivity contribution in [1.82, 2.24) is 10.1 Å². The molecule has 0 amide bonds. The van der Waals surface area contributed by atoms with Gasteiger partial charge in [-0.05, 0) is 43.7 Å². The van der Waals surface area contributed by atoms with Gasteiger partial charge in [0, 0.05) is 0 Å². The molecule has 6 heteroatoms. The molecule has 1 heterocycles. The number of ether oxygens (including phenoxy) is 1. The molecule has 0 saturated carbocycles. The number of hydrogen-bond donors (Lipinski definition) is 0. The number of aromatic nitrogens is 2. The van der Waals surface area contributed by atoms with Crippen LogP contribution in [0.4, 0.5) is 8.78 Å². The summed E-state index contributed by atoms with van der Waals surface area (Å²) in [6.07, 6.45) is 0.468. The molecule has 2 aromatic carbocycles. The molecule has 0 aliphatic carbocycles.